The molecule has 7 nitrogen and oxygen atoms in total. The van der Waals surface area contributed by atoms with E-state index in [4.69, 9.17) is 14.2 Å². The van der Waals surface area contributed by atoms with Gasteiger partial charge in [0.15, 0.2) is 5.92 Å². The normalized spacial score (nSPS) is 17.7. The average molecular weight is 333 g/mol. The first-order chi connectivity index (χ1) is 11.2. The number of ether oxygens (including phenoxy) is 3. The minimum Gasteiger partial charge on any atom is -0.459 e. The van der Waals surface area contributed by atoms with Gasteiger partial charge in [0, 0.05) is 20.1 Å². The van der Waals surface area contributed by atoms with Gasteiger partial charge in [0.1, 0.15) is 0 Å². The standard InChI is InChI=1S/C17H19NO6/c1-10(2)22-14(19)11-5-7-12(8-6-11)18-9-13-15(20)23-17(3,4)24-16(13)21/h5-10,13H,1-4H3. The highest BCUT2D eigenvalue weighted by Gasteiger charge is 2.42. The van der Waals surface area contributed by atoms with Crippen molar-refractivity contribution >= 4 is 29.8 Å². The second kappa shape index (κ2) is 6.82. The molecule has 1 fully saturated rings. The molecule has 0 saturated carbocycles. The smallest absolute Gasteiger partial charge is 0.338 e. The van der Waals surface area contributed by atoms with Crippen LogP contribution in [0.3, 0.4) is 0 Å². The Morgan fingerprint density at radius 2 is 1.71 bits per heavy atom. The number of carbonyl (C=O) groups excluding carboxylic acids is 3. The van der Waals surface area contributed by atoms with Crippen LogP contribution in [0.4, 0.5) is 5.69 Å². The van der Waals surface area contributed by atoms with E-state index in [1.807, 2.05) is 0 Å². The zero-order chi connectivity index (χ0) is 17.9. The summed E-state index contributed by atoms with van der Waals surface area (Å²) in [7, 11) is 0. The largest absolute Gasteiger partial charge is 0.459 e. The second-order valence-corrected chi connectivity index (χ2v) is 6.00. The van der Waals surface area contributed by atoms with Crippen molar-refractivity contribution in [2.24, 2.45) is 10.9 Å². The van der Waals surface area contributed by atoms with Gasteiger partial charge in [0.05, 0.1) is 17.4 Å². The molecular weight excluding hydrogens is 314 g/mol. The first kappa shape index (κ1) is 17.7. The lowest BCUT2D eigenvalue weighted by Crippen LogP contribution is -2.46. The lowest BCUT2D eigenvalue weighted by Gasteiger charge is -2.31. The van der Waals surface area contributed by atoms with Crippen molar-refractivity contribution < 1.29 is 28.6 Å². The van der Waals surface area contributed by atoms with Crippen LogP contribution < -0.4 is 0 Å². The summed E-state index contributed by atoms with van der Waals surface area (Å²) in [5.41, 5.74) is 0.863. The van der Waals surface area contributed by atoms with Crippen molar-refractivity contribution in [3.8, 4) is 0 Å². The van der Waals surface area contributed by atoms with E-state index >= 15 is 0 Å². The molecule has 0 radical (unpaired) electrons. The van der Waals surface area contributed by atoms with E-state index < -0.39 is 29.6 Å². The van der Waals surface area contributed by atoms with Crippen LogP contribution in [0.15, 0.2) is 29.3 Å². The first-order valence-electron chi connectivity index (χ1n) is 7.49. The van der Waals surface area contributed by atoms with Crippen LogP contribution in [0.5, 0.6) is 0 Å². The van der Waals surface area contributed by atoms with E-state index in [2.05, 4.69) is 4.99 Å². The molecule has 0 aliphatic carbocycles. The van der Waals surface area contributed by atoms with Crippen molar-refractivity contribution in [2.45, 2.75) is 39.6 Å². The van der Waals surface area contributed by atoms with E-state index in [1.54, 1.807) is 38.1 Å². The predicted octanol–water partition coefficient (Wildman–Crippen LogP) is 2.41. The van der Waals surface area contributed by atoms with Crippen LogP contribution in [-0.2, 0) is 23.8 Å². The zero-order valence-electron chi connectivity index (χ0n) is 13.9. The van der Waals surface area contributed by atoms with Gasteiger partial charge in [0.25, 0.3) is 5.79 Å². The summed E-state index contributed by atoms with van der Waals surface area (Å²) in [6.45, 7) is 6.48. The number of rotatable bonds is 4. The third kappa shape index (κ3) is 4.41. The maximum absolute atomic E-state index is 11.8. The quantitative estimate of drug-likeness (QED) is 0.477. The van der Waals surface area contributed by atoms with Gasteiger partial charge in [-0.1, -0.05) is 0 Å². The van der Waals surface area contributed by atoms with Crippen molar-refractivity contribution in [1.29, 1.82) is 0 Å². The SMILES string of the molecule is CC(C)OC(=O)c1ccc(N=CC2C(=O)OC(C)(C)OC2=O)cc1. The molecule has 0 unspecified atom stereocenters. The molecule has 0 aromatic heterocycles. The van der Waals surface area contributed by atoms with Crippen LogP contribution in [0.25, 0.3) is 0 Å². The molecule has 1 saturated heterocycles. The topological polar surface area (TPSA) is 91.3 Å². The zero-order valence-corrected chi connectivity index (χ0v) is 13.9. The number of esters is 3. The fourth-order valence-corrected chi connectivity index (χ4v) is 1.98. The molecule has 0 atom stereocenters. The number of hydrogen-bond donors (Lipinski definition) is 0. The predicted molar refractivity (Wildman–Crippen MR) is 84.9 cm³/mol. The highest BCUT2D eigenvalue weighted by atomic mass is 16.7. The van der Waals surface area contributed by atoms with E-state index in [0.29, 0.717) is 11.3 Å². The number of carbonyl (C=O) groups is 3. The molecule has 0 amide bonds. The summed E-state index contributed by atoms with van der Waals surface area (Å²) < 4.78 is 15.1. The number of hydrogen-bond acceptors (Lipinski definition) is 7. The molecule has 0 bridgehead atoms. The summed E-state index contributed by atoms with van der Waals surface area (Å²) in [6, 6.07) is 6.27. The molecular formula is C17H19NO6. The monoisotopic (exact) mass is 333 g/mol. The van der Waals surface area contributed by atoms with Crippen LogP contribution in [0.2, 0.25) is 0 Å². The second-order valence-electron chi connectivity index (χ2n) is 6.00. The van der Waals surface area contributed by atoms with Gasteiger partial charge in [-0.2, -0.15) is 0 Å². The molecule has 2 rings (SSSR count). The Morgan fingerprint density at radius 1 is 1.17 bits per heavy atom. The Hall–Kier alpha value is -2.70. The van der Waals surface area contributed by atoms with Gasteiger partial charge < -0.3 is 14.2 Å². The third-order valence-corrected chi connectivity index (χ3v) is 3.02. The van der Waals surface area contributed by atoms with E-state index in [9.17, 15) is 14.4 Å². The van der Waals surface area contributed by atoms with Crippen LogP contribution in [-0.4, -0.2) is 36.0 Å². The van der Waals surface area contributed by atoms with Gasteiger partial charge in [-0.3, -0.25) is 14.6 Å². The summed E-state index contributed by atoms with van der Waals surface area (Å²) in [5.74, 6) is -4.32. The van der Waals surface area contributed by atoms with Crippen LogP contribution in [0.1, 0.15) is 38.1 Å². The van der Waals surface area contributed by atoms with Crippen LogP contribution in [0, 0.1) is 5.92 Å². The summed E-state index contributed by atoms with van der Waals surface area (Å²) in [5, 5.41) is 0. The highest BCUT2D eigenvalue weighted by Crippen LogP contribution is 2.23. The minimum atomic E-state index is -1.27. The molecule has 0 spiro atoms. The van der Waals surface area contributed by atoms with E-state index in [1.165, 1.54) is 20.1 Å². The Morgan fingerprint density at radius 3 is 2.21 bits per heavy atom. The van der Waals surface area contributed by atoms with E-state index in [-0.39, 0.29) is 6.10 Å². The maximum Gasteiger partial charge on any atom is 0.338 e. The number of benzene rings is 1. The average Bonchev–Trinajstić information content (AvgIpc) is 2.45. The fraction of sp³-hybridized carbons (Fsp3) is 0.412. The molecule has 7 heteroatoms. The fourth-order valence-electron chi connectivity index (χ4n) is 1.98. The Balaban J connectivity index is 2.06. The molecule has 1 aromatic rings. The van der Waals surface area contributed by atoms with Crippen LogP contribution >= 0.6 is 0 Å². The van der Waals surface area contributed by atoms with Gasteiger partial charge >= 0.3 is 17.9 Å². The molecule has 128 valence electrons. The Kier molecular flexibility index (Phi) is 5.02. The van der Waals surface area contributed by atoms with Crippen molar-refractivity contribution in [1.82, 2.24) is 0 Å². The molecule has 24 heavy (non-hydrogen) atoms. The van der Waals surface area contributed by atoms with E-state index in [0.717, 1.165) is 0 Å². The Labute approximate surface area is 139 Å². The molecule has 1 aromatic carbocycles. The maximum atomic E-state index is 11.8. The molecule has 1 heterocycles. The highest BCUT2D eigenvalue weighted by molar-refractivity contribution is 6.10. The first-order valence-corrected chi connectivity index (χ1v) is 7.49. The minimum absolute atomic E-state index is 0.206. The Bertz CT molecular complexity index is 655. The van der Waals surface area contributed by atoms with Crippen molar-refractivity contribution in [3.63, 3.8) is 0 Å². The van der Waals surface area contributed by atoms with Gasteiger partial charge in [0.2, 0.25) is 0 Å². The lowest BCUT2D eigenvalue weighted by molar-refractivity contribution is -0.235. The number of cyclic esters (lactones) is 2. The van der Waals surface area contributed by atoms with Gasteiger partial charge in [-0.05, 0) is 38.1 Å². The van der Waals surface area contributed by atoms with Gasteiger partial charge in [-0.15, -0.1) is 0 Å². The number of nitrogens with zero attached hydrogens (tertiary/aromatic N) is 1. The lowest BCUT2D eigenvalue weighted by atomic mass is 10.1. The molecule has 1 aliphatic rings. The summed E-state index contributed by atoms with van der Waals surface area (Å²) in [6.07, 6.45) is 0.962. The van der Waals surface area contributed by atoms with Gasteiger partial charge in [-0.25, -0.2) is 4.79 Å². The summed E-state index contributed by atoms with van der Waals surface area (Å²) >= 11 is 0. The molecule has 0 N–H and O–H groups in total. The third-order valence-electron chi connectivity index (χ3n) is 3.02. The molecule has 1 aliphatic heterocycles. The number of aliphatic imine (C=N–C) groups is 1. The van der Waals surface area contributed by atoms with Crippen molar-refractivity contribution in [3.05, 3.63) is 29.8 Å². The summed E-state index contributed by atoms with van der Waals surface area (Å²) in [4.78, 5) is 39.4. The van der Waals surface area contributed by atoms with Crippen molar-refractivity contribution in [2.75, 3.05) is 0 Å².